The predicted molar refractivity (Wildman–Crippen MR) is 77.8 cm³/mol. The molecular formula is C14H13N3O2S. The standard InChI is InChI=1S/C14H13N3O2S/c18-14(12-8-20-9-15-12)17-7-3-5-11(16-19)10-4-1-2-6-13(10)17/h1-2,4,6,8-9,19H,3,5,7H2/b16-11-. The molecular weight excluding hydrogens is 274 g/mol. The number of fused-ring (bicyclic) bond motifs is 1. The van der Waals surface area contributed by atoms with Crippen LogP contribution in [0.3, 0.4) is 0 Å². The Hall–Kier alpha value is -2.21. The number of carbonyl (C=O) groups excluding carboxylic acids is 1. The Morgan fingerprint density at radius 1 is 1.40 bits per heavy atom. The molecule has 102 valence electrons. The minimum atomic E-state index is -0.113. The number of thiazole rings is 1. The molecule has 0 radical (unpaired) electrons. The lowest BCUT2D eigenvalue weighted by atomic mass is 10.1. The number of nitrogens with zero attached hydrogens (tertiary/aromatic N) is 3. The number of hydrogen-bond acceptors (Lipinski definition) is 5. The van der Waals surface area contributed by atoms with Gasteiger partial charge in [-0.15, -0.1) is 11.3 Å². The Morgan fingerprint density at radius 2 is 2.25 bits per heavy atom. The molecule has 0 spiro atoms. The molecule has 5 nitrogen and oxygen atoms in total. The number of carbonyl (C=O) groups is 1. The number of oxime groups is 1. The molecule has 1 N–H and O–H groups in total. The number of benzene rings is 1. The topological polar surface area (TPSA) is 65.8 Å². The molecule has 1 aliphatic heterocycles. The van der Waals surface area contributed by atoms with Gasteiger partial charge in [0.25, 0.3) is 5.91 Å². The van der Waals surface area contributed by atoms with Crippen molar-refractivity contribution in [3.8, 4) is 0 Å². The van der Waals surface area contributed by atoms with Gasteiger partial charge in [0, 0.05) is 17.5 Å². The summed E-state index contributed by atoms with van der Waals surface area (Å²) in [5.74, 6) is -0.113. The van der Waals surface area contributed by atoms with Gasteiger partial charge in [0.2, 0.25) is 0 Å². The first-order valence-electron chi connectivity index (χ1n) is 6.31. The lowest BCUT2D eigenvalue weighted by molar-refractivity contribution is 0.0983. The van der Waals surface area contributed by atoms with Crippen LogP contribution < -0.4 is 4.90 Å². The number of rotatable bonds is 1. The van der Waals surface area contributed by atoms with Crippen molar-refractivity contribution in [1.29, 1.82) is 0 Å². The molecule has 3 rings (SSSR count). The Kier molecular flexibility index (Phi) is 3.47. The van der Waals surface area contributed by atoms with Crippen LogP contribution in [0.1, 0.15) is 28.9 Å². The number of aromatic nitrogens is 1. The van der Waals surface area contributed by atoms with Gasteiger partial charge in [0.1, 0.15) is 5.69 Å². The van der Waals surface area contributed by atoms with Crippen molar-refractivity contribution >= 4 is 28.6 Å². The maximum absolute atomic E-state index is 12.5. The van der Waals surface area contributed by atoms with E-state index in [0.717, 1.165) is 17.7 Å². The van der Waals surface area contributed by atoms with Crippen molar-refractivity contribution in [2.45, 2.75) is 12.8 Å². The van der Waals surface area contributed by atoms with Crippen molar-refractivity contribution in [3.63, 3.8) is 0 Å². The monoisotopic (exact) mass is 287 g/mol. The molecule has 2 aromatic rings. The van der Waals surface area contributed by atoms with E-state index in [0.29, 0.717) is 24.4 Å². The molecule has 0 unspecified atom stereocenters. The summed E-state index contributed by atoms with van der Waals surface area (Å²) < 4.78 is 0. The molecule has 1 aromatic carbocycles. The van der Waals surface area contributed by atoms with E-state index in [2.05, 4.69) is 10.1 Å². The zero-order chi connectivity index (χ0) is 13.9. The molecule has 0 bridgehead atoms. The summed E-state index contributed by atoms with van der Waals surface area (Å²) in [6.07, 6.45) is 1.40. The number of para-hydroxylation sites is 1. The third-order valence-electron chi connectivity index (χ3n) is 3.32. The quantitative estimate of drug-likeness (QED) is 0.648. The molecule has 1 aromatic heterocycles. The van der Waals surface area contributed by atoms with Crippen molar-refractivity contribution < 1.29 is 10.0 Å². The van der Waals surface area contributed by atoms with E-state index >= 15 is 0 Å². The molecule has 2 heterocycles. The second-order valence-electron chi connectivity index (χ2n) is 4.50. The fourth-order valence-electron chi connectivity index (χ4n) is 2.38. The third-order valence-corrected chi connectivity index (χ3v) is 3.90. The zero-order valence-corrected chi connectivity index (χ0v) is 11.5. The van der Waals surface area contributed by atoms with E-state index in [1.54, 1.807) is 15.8 Å². The fraction of sp³-hybridized carbons (Fsp3) is 0.214. The smallest absolute Gasteiger partial charge is 0.277 e. The SMILES string of the molecule is O=C(c1cscn1)N1CCC/C(=N/O)c2ccccc21. The lowest BCUT2D eigenvalue weighted by Crippen LogP contribution is -2.32. The largest absolute Gasteiger partial charge is 0.411 e. The minimum Gasteiger partial charge on any atom is -0.411 e. The normalized spacial score (nSPS) is 16.8. The molecule has 1 aliphatic rings. The van der Waals surface area contributed by atoms with Crippen molar-refractivity contribution in [1.82, 2.24) is 4.98 Å². The van der Waals surface area contributed by atoms with E-state index in [-0.39, 0.29) is 5.91 Å². The summed E-state index contributed by atoms with van der Waals surface area (Å²) in [6.45, 7) is 0.590. The first-order chi connectivity index (χ1) is 9.81. The fourth-order valence-corrected chi connectivity index (χ4v) is 2.91. The van der Waals surface area contributed by atoms with Gasteiger partial charge < -0.3 is 10.1 Å². The molecule has 0 fully saturated rings. The van der Waals surface area contributed by atoms with Crippen LogP contribution in [0, 0.1) is 0 Å². The van der Waals surface area contributed by atoms with Gasteiger partial charge >= 0.3 is 0 Å². The van der Waals surface area contributed by atoms with Crippen LogP contribution >= 0.6 is 11.3 Å². The Morgan fingerprint density at radius 3 is 3.00 bits per heavy atom. The summed E-state index contributed by atoms with van der Waals surface area (Å²) in [7, 11) is 0. The van der Waals surface area contributed by atoms with Gasteiger partial charge in [0.15, 0.2) is 0 Å². The lowest BCUT2D eigenvalue weighted by Gasteiger charge is -2.21. The average Bonchev–Trinajstić information content (AvgIpc) is 2.95. The van der Waals surface area contributed by atoms with E-state index in [1.165, 1.54) is 11.3 Å². The van der Waals surface area contributed by atoms with Gasteiger partial charge in [-0.05, 0) is 18.9 Å². The highest BCUT2D eigenvalue weighted by atomic mass is 32.1. The summed E-state index contributed by atoms with van der Waals surface area (Å²) in [5, 5.41) is 14.3. The average molecular weight is 287 g/mol. The van der Waals surface area contributed by atoms with Crippen LogP contribution in [-0.2, 0) is 0 Å². The summed E-state index contributed by atoms with van der Waals surface area (Å²) >= 11 is 1.40. The zero-order valence-electron chi connectivity index (χ0n) is 10.7. The van der Waals surface area contributed by atoms with E-state index in [1.807, 2.05) is 24.3 Å². The molecule has 1 amide bonds. The number of anilines is 1. The van der Waals surface area contributed by atoms with E-state index in [9.17, 15) is 4.79 Å². The van der Waals surface area contributed by atoms with Crippen LogP contribution in [0.25, 0.3) is 0 Å². The molecule has 6 heteroatoms. The van der Waals surface area contributed by atoms with E-state index in [4.69, 9.17) is 5.21 Å². The van der Waals surface area contributed by atoms with Crippen LogP contribution in [0.4, 0.5) is 5.69 Å². The first kappa shape index (κ1) is 12.8. The first-order valence-corrected chi connectivity index (χ1v) is 7.26. The van der Waals surface area contributed by atoms with Crippen LogP contribution in [0.2, 0.25) is 0 Å². The molecule has 0 saturated carbocycles. The Balaban J connectivity index is 2.06. The molecule has 20 heavy (non-hydrogen) atoms. The maximum atomic E-state index is 12.5. The highest BCUT2D eigenvalue weighted by molar-refractivity contribution is 7.07. The molecule has 0 atom stereocenters. The van der Waals surface area contributed by atoms with Crippen LogP contribution in [-0.4, -0.2) is 28.4 Å². The molecule has 0 aliphatic carbocycles. The number of amides is 1. The van der Waals surface area contributed by atoms with Gasteiger partial charge in [-0.3, -0.25) is 4.79 Å². The van der Waals surface area contributed by atoms with Crippen LogP contribution in [0.15, 0.2) is 40.3 Å². The van der Waals surface area contributed by atoms with Crippen molar-refractivity contribution in [2.75, 3.05) is 11.4 Å². The predicted octanol–water partition coefficient (Wildman–Crippen LogP) is 2.76. The van der Waals surface area contributed by atoms with Gasteiger partial charge in [-0.1, -0.05) is 23.4 Å². The van der Waals surface area contributed by atoms with Crippen molar-refractivity contribution in [3.05, 3.63) is 46.4 Å². The van der Waals surface area contributed by atoms with Gasteiger partial charge in [-0.2, -0.15) is 0 Å². The highest BCUT2D eigenvalue weighted by Gasteiger charge is 2.25. The maximum Gasteiger partial charge on any atom is 0.277 e. The molecule has 0 saturated heterocycles. The Labute approximate surface area is 120 Å². The summed E-state index contributed by atoms with van der Waals surface area (Å²) in [4.78, 5) is 18.3. The second kappa shape index (κ2) is 5.42. The van der Waals surface area contributed by atoms with E-state index < -0.39 is 0 Å². The summed E-state index contributed by atoms with van der Waals surface area (Å²) in [5.41, 5.74) is 4.30. The van der Waals surface area contributed by atoms with Crippen molar-refractivity contribution in [2.24, 2.45) is 5.16 Å². The van der Waals surface area contributed by atoms with Gasteiger partial charge in [-0.25, -0.2) is 4.98 Å². The third kappa shape index (κ3) is 2.18. The number of hydrogen-bond donors (Lipinski definition) is 1. The second-order valence-corrected chi connectivity index (χ2v) is 5.22. The highest BCUT2D eigenvalue weighted by Crippen LogP contribution is 2.27. The minimum absolute atomic E-state index is 0.113. The Bertz CT molecular complexity index is 652. The van der Waals surface area contributed by atoms with Gasteiger partial charge in [0.05, 0.1) is 16.9 Å². The summed E-state index contributed by atoms with van der Waals surface area (Å²) in [6, 6.07) is 7.49. The van der Waals surface area contributed by atoms with Crippen LogP contribution in [0.5, 0.6) is 0 Å².